The lowest BCUT2D eigenvalue weighted by molar-refractivity contribution is -0.126. The highest BCUT2D eigenvalue weighted by Gasteiger charge is 2.33. The Kier molecular flexibility index (Phi) is 3.92. The molecule has 2 aliphatic rings. The maximum absolute atomic E-state index is 12.2. The number of carbonyl (C=O) groups excluding carboxylic acids is 1. The highest BCUT2D eigenvalue weighted by molar-refractivity contribution is 6.09. The molecule has 0 unspecified atom stereocenters. The number of amides is 1. The Morgan fingerprint density at radius 3 is 2.62 bits per heavy atom. The van der Waals surface area contributed by atoms with E-state index in [2.05, 4.69) is 25.4 Å². The average molecular weight is 326 g/mol. The van der Waals surface area contributed by atoms with Crippen LogP contribution >= 0.6 is 0 Å². The van der Waals surface area contributed by atoms with E-state index in [0.29, 0.717) is 6.04 Å². The molecule has 126 valence electrons. The van der Waals surface area contributed by atoms with Crippen molar-refractivity contribution < 1.29 is 4.79 Å². The quantitative estimate of drug-likeness (QED) is 0.451. The van der Waals surface area contributed by atoms with Gasteiger partial charge in [0.05, 0.1) is 11.4 Å². The van der Waals surface area contributed by atoms with Crippen molar-refractivity contribution in [1.29, 1.82) is 0 Å². The maximum Gasteiger partial charge on any atom is 0.223 e. The first-order chi connectivity index (χ1) is 11.8. The van der Waals surface area contributed by atoms with Gasteiger partial charge in [-0.3, -0.25) is 4.79 Å². The van der Waals surface area contributed by atoms with Crippen LogP contribution in [0.4, 0.5) is 0 Å². The minimum Gasteiger partial charge on any atom is -0.353 e. The first-order valence-corrected chi connectivity index (χ1v) is 8.63. The number of fused-ring (bicyclic) bond motifs is 1. The molecule has 24 heavy (non-hydrogen) atoms. The smallest absolute Gasteiger partial charge is 0.223 e. The number of H-pyrrole nitrogens is 1. The van der Waals surface area contributed by atoms with Crippen LogP contribution in [0.5, 0.6) is 0 Å². The molecule has 0 spiro atoms. The number of aromatic amines is 1. The molecule has 7 heteroatoms. The minimum absolute atomic E-state index is 0.124. The van der Waals surface area contributed by atoms with E-state index in [4.69, 9.17) is 5.84 Å². The summed E-state index contributed by atoms with van der Waals surface area (Å²) in [5, 5.41) is 8.11. The zero-order valence-electron chi connectivity index (χ0n) is 13.5. The zero-order valence-corrected chi connectivity index (χ0v) is 13.5. The lowest BCUT2D eigenvalue weighted by atomic mass is 9.78. The van der Waals surface area contributed by atoms with Gasteiger partial charge in [-0.15, -0.1) is 0 Å². The highest BCUT2D eigenvalue weighted by atomic mass is 16.2. The monoisotopic (exact) mass is 326 g/mol. The summed E-state index contributed by atoms with van der Waals surface area (Å²) in [6.45, 7) is 0. The molecule has 7 nitrogen and oxygen atoms in total. The summed E-state index contributed by atoms with van der Waals surface area (Å²) in [5.74, 6) is 6.29. The third-order valence-electron chi connectivity index (χ3n) is 5.14. The van der Waals surface area contributed by atoms with E-state index in [1.165, 1.54) is 6.33 Å². The molecular weight excluding hydrogens is 304 g/mol. The van der Waals surface area contributed by atoms with E-state index in [-0.39, 0.29) is 17.7 Å². The van der Waals surface area contributed by atoms with Gasteiger partial charge in [-0.25, -0.2) is 9.97 Å². The molecule has 0 saturated heterocycles. The molecule has 2 saturated carbocycles. The van der Waals surface area contributed by atoms with E-state index in [9.17, 15) is 4.79 Å². The maximum atomic E-state index is 12.2. The second-order valence-corrected chi connectivity index (χ2v) is 6.81. The van der Waals surface area contributed by atoms with Crippen molar-refractivity contribution in [2.75, 3.05) is 0 Å². The molecular formula is C17H22N6O. The van der Waals surface area contributed by atoms with Crippen molar-refractivity contribution in [2.45, 2.75) is 44.6 Å². The molecule has 4 rings (SSSR count). The van der Waals surface area contributed by atoms with Crippen LogP contribution < -0.4 is 11.2 Å². The Labute approximate surface area is 140 Å². The molecule has 0 radical (unpaired) electrons. The fourth-order valence-electron chi connectivity index (χ4n) is 3.61. The molecule has 4 N–H and O–H groups in total. The molecule has 2 fully saturated rings. The van der Waals surface area contributed by atoms with Crippen molar-refractivity contribution in [3.63, 3.8) is 0 Å². The van der Waals surface area contributed by atoms with Crippen LogP contribution in [0.1, 0.15) is 44.2 Å². The first-order valence-electron chi connectivity index (χ1n) is 8.63. The second-order valence-electron chi connectivity index (χ2n) is 6.81. The minimum atomic E-state index is 0.124. The van der Waals surface area contributed by atoms with Gasteiger partial charge in [-0.2, -0.15) is 5.10 Å². The third-order valence-corrected chi connectivity index (χ3v) is 5.14. The highest BCUT2D eigenvalue weighted by Crippen LogP contribution is 2.33. The SMILES string of the molecule is NN=C(c1ncnc2[nH]ccc12)C1CCC(C(=O)NC2CC2)CC1. The summed E-state index contributed by atoms with van der Waals surface area (Å²) in [6, 6.07) is 2.38. The Bertz CT molecular complexity index is 770. The average Bonchev–Trinajstić information content (AvgIpc) is 3.29. The van der Waals surface area contributed by atoms with Gasteiger partial charge in [0.2, 0.25) is 5.91 Å². The van der Waals surface area contributed by atoms with Crippen molar-refractivity contribution in [2.24, 2.45) is 22.8 Å². The molecule has 0 aromatic carbocycles. The molecule has 2 aliphatic carbocycles. The predicted molar refractivity (Wildman–Crippen MR) is 91.2 cm³/mol. The van der Waals surface area contributed by atoms with Gasteiger partial charge in [-0.05, 0) is 44.6 Å². The van der Waals surface area contributed by atoms with E-state index < -0.39 is 0 Å². The molecule has 2 aromatic heterocycles. The first kappa shape index (κ1) is 15.1. The van der Waals surface area contributed by atoms with Gasteiger partial charge in [0.25, 0.3) is 0 Å². The fourth-order valence-corrected chi connectivity index (χ4v) is 3.61. The summed E-state index contributed by atoms with van der Waals surface area (Å²) in [7, 11) is 0. The van der Waals surface area contributed by atoms with E-state index >= 15 is 0 Å². The van der Waals surface area contributed by atoms with Gasteiger partial charge in [0, 0.05) is 29.5 Å². The summed E-state index contributed by atoms with van der Waals surface area (Å²) in [4.78, 5) is 23.9. The molecule has 1 amide bonds. The van der Waals surface area contributed by atoms with Gasteiger partial charge in [0.15, 0.2) is 0 Å². The van der Waals surface area contributed by atoms with Crippen molar-refractivity contribution in [3.8, 4) is 0 Å². The van der Waals surface area contributed by atoms with Crippen LogP contribution in [0.2, 0.25) is 0 Å². The topological polar surface area (TPSA) is 109 Å². The van der Waals surface area contributed by atoms with Crippen molar-refractivity contribution in [3.05, 3.63) is 24.3 Å². The Morgan fingerprint density at radius 1 is 1.17 bits per heavy atom. The number of aromatic nitrogens is 3. The number of nitrogens with one attached hydrogen (secondary N) is 2. The number of rotatable bonds is 4. The molecule has 0 bridgehead atoms. The number of hydrazone groups is 1. The van der Waals surface area contributed by atoms with Gasteiger partial charge >= 0.3 is 0 Å². The van der Waals surface area contributed by atoms with Gasteiger partial charge in [0.1, 0.15) is 12.0 Å². The summed E-state index contributed by atoms with van der Waals surface area (Å²) in [6.07, 6.45) is 9.22. The summed E-state index contributed by atoms with van der Waals surface area (Å²) < 4.78 is 0. The van der Waals surface area contributed by atoms with Crippen LogP contribution in [-0.4, -0.2) is 32.6 Å². The van der Waals surface area contributed by atoms with Gasteiger partial charge in [-0.1, -0.05) is 0 Å². The summed E-state index contributed by atoms with van der Waals surface area (Å²) >= 11 is 0. The predicted octanol–water partition coefficient (Wildman–Crippen LogP) is 1.71. The fraction of sp³-hybridized carbons (Fsp3) is 0.529. The van der Waals surface area contributed by atoms with Crippen molar-refractivity contribution in [1.82, 2.24) is 20.3 Å². The Hall–Kier alpha value is -2.44. The number of nitrogens with two attached hydrogens (primary N) is 1. The largest absolute Gasteiger partial charge is 0.353 e. The Balaban J connectivity index is 1.47. The number of hydrogen-bond acceptors (Lipinski definition) is 5. The zero-order chi connectivity index (χ0) is 16.5. The molecule has 0 aliphatic heterocycles. The lowest BCUT2D eigenvalue weighted by Gasteiger charge is -2.28. The van der Waals surface area contributed by atoms with Crippen LogP contribution in [0, 0.1) is 11.8 Å². The van der Waals surface area contributed by atoms with Crippen LogP contribution in [-0.2, 0) is 4.79 Å². The van der Waals surface area contributed by atoms with E-state index in [0.717, 1.165) is 61.0 Å². The number of hydrogen-bond donors (Lipinski definition) is 3. The lowest BCUT2D eigenvalue weighted by Crippen LogP contribution is -2.35. The normalized spacial score (nSPS) is 24.9. The van der Waals surface area contributed by atoms with Crippen LogP contribution in [0.15, 0.2) is 23.7 Å². The van der Waals surface area contributed by atoms with E-state index in [1.54, 1.807) is 0 Å². The number of carbonyl (C=O) groups is 1. The standard InChI is InChI=1S/C17H22N6O/c18-23-14(15-13-7-8-19-16(13)21-9-20-15)10-1-3-11(4-2-10)17(24)22-12-5-6-12/h7-12H,1-6,18H2,(H,22,24)(H,19,20,21). The molecule has 0 atom stereocenters. The van der Waals surface area contributed by atoms with Crippen LogP contribution in [0.3, 0.4) is 0 Å². The Morgan fingerprint density at radius 2 is 1.92 bits per heavy atom. The number of nitrogens with zero attached hydrogens (tertiary/aromatic N) is 3. The second kappa shape index (κ2) is 6.22. The molecule has 2 aromatic rings. The summed E-state index contributed by atoms with van der Waals surface area (Å²) in [5.41, 5.74) is 2.41. The van der Waals surface area contributed by atoms with Gasteiger partial charge < -0.3 is 16.1 Å². The molecule has 2 heterocycles. The van der Waals surface area contributed by atoms with E-state index in [1.807, 2.05) is 12.3 Å². The third kappa shape index (κ3) is 2.86. The van der Waals surface area contributed by atoms with Crippen molar-refractivity contribution >= 4 is 22.7 Å². The van der Waals surface area contributed by atoms with Crippen LogP contribution in [0.25, 0.3) is 11.0 Å².